The molecule has 0 fully saturated rings. The first kappa shape index (κ1) is 19.5. The normalized spacial score (nSPS) is 14.1. The summed E-state index contributed by atoms with van der Waals surface area (Å²) in [5.41, 5.74) is 0.390. The molecular formula is C19H15F4N3O2. The van der Waals surface area contributed by atoms with Crippen molar-refractivity contribution in [2.45, 2.75) is 26.3 Å². The van der Waals surface area contributed by atoms with E-state index < -0.39 is 40.8 Å². The third-order valence-electron chi connectivity index (χ3n) is 4.17. The lowest BCUT2D eigenvalue weighted by Crippen LogP contribution is -2.39. The number of carbonyl (C=O) groups excluding carboxylic acids is 2. The molecule has 1 N–H and O–H groups in total. The third-order valence-corrected chi connectivity index (χ3v) is 4.17. The van der Waals surface area contributed by atoms with Gasteiger partial charge in [-0.3, -0.25) is 9.59 Å². The fraction of sp³-hybridized carbons (Fsp3) is 0.211. The first-order valence-corrected chi connectivity index (χ1v) is 8.35. The highest BCUT2D eigenvalue weighted by Crippen LogP contribution is 2.30. The molecule has 0 radical (unpaired) electrons. The van der Waals surface area contributed by atoms with Crippen LogP contribution < -0.4 is 10.3 Å². The number of nitrogens with zero attached hydrogens (tertiary/aromatic N) is 2. The molecule has 0 saturated heterocycles. The van der Waals surface area contributed by atoms with Gasteiger partial charge in [0.05, 0.1) is 0 Å². The van der Waals surface area contributed by atoms with E-state index in [-0.39, 0.29) is 36.2 Å². The van der Waals surface area contributed by atoms with Crippen LogP contribution in [-0.4, -0.2) is 17.5 Å². The average molecular weight is 393 g/mol. The summed E-state index contributed by atoms with van der Waals surface area (Å²) in [5.74, 6) is -8.43. The smallest absolute Gasteiger partial charge is 0.267 e. The molecule has 0 unspecified atom stereocenters. The molecule has 0 spiro atoms. The van der Waals surface area contributed by atoms with E-state index in [1.807, 2.05) is 31.2 Å². The number of halogens is 4. The van der Waals surface area contributed by atoms with Crippen LogP contribution >= 0.6 is 0 Å². The van der Waals surface area contributed by atoms with Gasteiger partial charge in [-0.15, -0.1) is 0 Å². The fourth-order valence-electron chi connectivity index (χ4n) is 2.63. The molecule has 2 aromatic carbocycles. The van der Waals surface area contributed by atoms with Crippen LogP contribution in [0.25, 0.3) is 0 Å². The van der Waals surface area contributed by atoms with Crippen LogP contribution in [0.2, 0.25) is 0 Å². The summed E-state index contributed by atoms with van der Waals surface area (Å²) in [6.07, 6.45) is -0.371. The van der Waals surface area contributed by atoms with Crippen molar-refractivity contribution in [3.05, 3.63) is 64.7 Å². The lowest BCUT2D eigenvalue weighted by atomic mass is 10.1. The molecule has 28 heavy (non-hydrogen) atoms. The van der Waals surface area contributed by atoms with E-state index in [2.05, 4.69) is 10.4 Å². The Hall–Kier alpha value is -3.23. The molecule has 3 rings (SSSR count). The Morgan fingerprint density at radius 1 is 1.07 bits per heavy atom. The maximum atomic E-state index is 14.0. The largest absolute Gasteiger partial charge is 0.347 e. The van der Waals surface area contributed by atoms with Crippen LogP contribution in [0.5, 0.6) is 0 Å². The summed E-state index contributed by atoms with van der Waals surface area (Å²) in [4.78, 5) is 24.3. The van der Waals surface area contributed by atoms with Crippen LogP contribution in [0.15, 0.2) is 35.4 Å². The van der Waals surface area contributed by atoms with Gasteiger partial charge in [0.2, 0.25) is 5.91 Å². The van der Waals surface area contributed by atoms with Gasteiger partial charge in [-0.05, 0) is 12.5 Å². The predicted molar refractivity (Wildman–Crippen MR) is 93.5 cm³/mol. The molecule has 0 aromatic heterocycles. The molecule has 2 amide bonds. The zero-order valence-electron chi connectivity index (χ0n) is 14.7. The van der Waals surface area contributed by atoms with Gasteiger partial charge in [-0.25, -0.2) is 17.6 Å². The first-order valence-electron chi connectivity index (χ1n) is 8.35. The van der Waals surface area contributed by atoms with E-state index in [0.717, 1.165) is 11.1 Å². The summed E-state index contributed by atoms with van der Waals surface area (Å²) in [6, 6.07) is 7.39. The average Bonchev–Trinajstić information content (AvgIpc) is 2.67. The lowest BCUT2D eigenvalue weighted by Gasteiger charge is -2.24. The molecular weight excluding hydrogens is 378 g/mol. The molecule has 0 aliphatic carbocycles. The molecule has 2 aromatic rings. The van der Waals surface area contributed by atoms with Crippen molar-refractivity contribution in [1.82, 2.24) is 5.32 Å². The first-order chi connectivity index (χ1) is 13.3. The summed E-state index contributed by atoms with van der Waals surface area (Å²) in [6.45, 7) is 2.08. The highest BCUT2D eigenvalue weighted by molar-refractivity contribution is 6.40. The van der Waals surface area contributed by atoms with Crippen LogP contribution in [0.3, 0.4) is 0 Å². The van der Waals surface area contributed by atoms with Crippen molar-refractivity contribution >= 4 is 23.2 Å². The Bertz CT molecular complexity index is 948. The number of hydrogen-bond acceptors (Lipinski definition) is 3. The topological polar surface area (TPSA) is 61.8 Å². The molecule has 1 aliphatic rings. The Labute approximate surface area is 157 Å². The minimum Gasteiger partial charge on any atom is -0.347 e. The van der Waals surface area contributed by atoms with Gasteiger partial charge in [-0.1, -0.05) is 29.8 Å². The fourth-order valence-corrected chi connectivity index (χ4v) is 2.63. The molecule has 146 valence electrons. The molecule has 5 nitrogen and oxygen atoms in total. The standard InChI is InChI=1S/C19H15F4N3O2/c1-10-2-4-11(5-3-10)9-24-19(28)14-6-7-15(27)26(25-14)18-16(22)12(20)8-13(21)17(18)23/h2-5,8H,6-7,9H2,1H3,(H,24,28). The molecule has 0 bridgehead atoms. The number of carbonyl (C=O) groups is 2. The second-order valence-electron chi connectivity index (χ2n) is 6.24. The zero-order chi connectivity index (χ0) is 20.4. The number of amides is 2. The number of anilines is 1. The monoisotopic (exact) mass is 393 g/mol. The highest BCUT2D eigenvalue weighted by Gasteiger charge is 2.32. The Morgan fingerprint density at radius 2 is 1.68 bits per heavy atom. The maximum Gasteiger partial charge on any atom is 0.267 e. The number of nitrogens with one attached hydrogen (secondary N) is 1. The van der Waals surface area contributed by atoms with E-state index in [0.29, 0.717) is 0 Å². The van der Waals surface area contributed by atoms with E-state index in [1.54, 1.807) is 0 Å². The van der Waals surface area contributed by atoms with Gasteiger partial charge in [0.15, 0.2) is 23.3 Å². The SMILES string of the molecule is Cc1ccc(CNC(=O)C2=NN(c3c(F)c(F)cc(F)c3F)C(=O)CC2)cc1. The predicted octanol–water partition coefficient (Wildman–Crippen LogP) is 3.35. The number of hydrogen-bond donors (Lipinski definition) is 1. The number of aryl methyl sites for hydroxylation is 1. The molecule has 1 aliphatic heterocycles. The van der Waals surface area contributed by atoms with Gasteiger partial charge in [0.1, 0.15) is 11.4 Å². The molecule has 0 atom stereocenters. The lowest BCUT2D eigenvalue weighted by molar-refractivity contribution is -0.119. The number of rotatable bonds is 4. The van der Waals surface area contributed by atoms with Crippen molar-refractivity contribution in [1.29, 1.82) is 0 Å². The quantitative estimate of drug-likeness (QED) is 0.640. The van der Waals surface area contributed by atoms with Crippen LogP contribution in [0, 0.1) is 30.2 Å². The summed E-state index contributed by atoms with van der Waals surface area (Å²) in [7, 11) is 0. The summed E-state index contributed by atoms with van der Waals surface area (Å²) < 4.78 is 54.9. The number of benzene rings is 2. The summed E-state index contributed by atoms with van der Waals surface area (Å²) in [5, 5.41) is 6.42. The second-order valence-corrected chi connectivity index (χ2v) is 6.24. The summed E-state index contributed by atoms with van der Waals surface area (Å²) >= 11 is 0. The third kappa shape index (κ3) is 3.88. The van der Waals surface area contributed by atoms with Crippen molar-refractivity contribution in [3.63, 3.8) is 0 Å². The molecule has 1 heterocycles. The van der Waals surface area contributed by atoms with E-state index in [4.69, 9.17) is 0 Å². The second kappa shape index (κ2) is 7.79. The van der Waals surface area contributed by atoms with Crippen LogP contribution in [-0.2, 0) is 16.1 Å². The van der Waals surface area contributed by atoms with Crippen LogP contribution in [0.1, 0.15) is 24.0 Å². The van der Waals surface area contributed by atoms with E-state index >= 15 is 0 Å². The van der Waals surface area contributed by atoms with E-state index in [9.17, 15) is 27.2 Å². The van der Waals surface area contributed by atoms with Crippen molar-refractivity contribution in [2.24, 2.45) is 5.10 Å². The number of hydrazone groups is 1. The van der Waals surface area contributed by atoms with Gasteiger partial charge in [0, 0.05) is 25.5 Å². The Morgan fingerprint density at radius 3 is 2.29 bits per heavy atom. The van der Waals surface area contributed by atoms with Gasteiger partial charge >= 0.3 is 0 Å². The molecule has 0 saturated carbocycles. The van der Waals surface area contributed by atoms with Gasteiger partial charge in [-0.2, -0.15) is 10.1 Å². The molecule has 9 heteroatoms. The van der Waals surface area contributed by atoms with Gasteiger partial charge in [0.25, 0.3) is 5.91 Å². The van der Waals surface area contributed by atoms with Crippen molar-refractivity contribution in [3.8, 4) is 0 Å². The van der Waals surface area contributed by atoms with Gasteiger partial charge < -0.3 is 5.32 Å². The van der Waals surface area contributed by atoms with Crippen molar-refractivity contribution < 1.29 is 27.2 Å². The highest BCUT2D eigenvalue weighted by atomic mass is 19.2. The maximum absolute atomic E-state index is 14.0. The van der Waals surface area contributed by atoms with Crippen molar-refractivity contribution in [2.75, 3.05) is 5.01 Å². The Balaban J connectivity index is 1.84. The van der Waals surface area contributed by atoms with E-state index in [1.165, 1.54) is 0 Å². The zero-order valence-corrected chi connectivity index (χ0v) is 14.7. The Kier molecular flexibility index (Phi) is 5.43. The minimum absolute atomic E-state index is 0.0293. The minimum atomic E-state index is -1.77. The van der Waals surface area contributed by atoms with Crippen LogP contribution in [0.4, 0.5) is 23.2 Å².